The quantitative estimate of drug-likeness (QED) is 0.844. The molecule has 0 saturated carbocycles. The van der Waals surface area contributed by atoms with Gasteiger partial charge in [-0.1, -0.05) is 12.1 Å². The van der Waals surface area contributed by atoms with E-state index in [9.17, 15) is 26.3 Å². The van der Waals surface area contributed by atoms with Crippen molar-refractivity contribution in [3.63, 3.8) is 0 Å². The summed E-state index contributed by atoms with van der Waals surface area (Å²) in [5.41, 5.74) is 3.03. The van der Waals surface area contributed by atoms with Crippen LogP contribution in [0.2, 0.25) is 0 Å². The molecular formula is C14H10F6N2. The summed E-state index contributed by atoms with van der Waals surface area (Å²) in [7, 11) is 0. The number of hydrogen-bond donors (Lipinski definition) is 1. The van der Waals surface area contributed by atoms with Crippen LogP contribution in [0, 0.1) is 0 Å². The van der Waals surface area contributed by atoms with Crippen LogP contribution in [0.25, 0.3) is 0 Å². The van der Waals surface area contributed by atoms with Crippen molar-refractivity contribution in [3.8, 4) is 0 Å². The Hall–Kier alpha value is -2.09. The maximum absolute atomic E-state index is 12.9. The number of rotatable bonds is 2. The lowest BCUT2D eigenvalue weighted by atomic mass is 9.98. The van der Waals surface area contributed by atoms with Gasteiger partial charge in [0.15, 0.2) is 0 Å². The molecule has 118 valence electrons. The lowest BCUT2D eigenvalue weighted by Crippen LogP contribution is -2.20. The van der Waals surface area contributed by atoms with Crippen molar-refractivity contribution < 1.29 is 26.3 Å². The molecule has 2 aromatic rings. The maximum atomic E-state index is 12.9. The lowest BCUT2D eigenvalue weighted by Gasteiger charge is -2.18. The smallest absolute Gasteiger partial charge is 0.319 e. The predicted octanol–water partition coefficient (Wildman–Crippen LogP) is 4.17. The molecule has 0 aliphatic heterocycles. The van der Waals surface area contributed by atoms with Gasteiger partial charge in [0, 0.05) is 6.20 Å². The molecule has 1 heterocycles. The second-order valence-corrected chi connectivity index (χ2v) is 4.53. The molecule has 0 radical (unpaired) electrons. The average Bonchev–Trinajstić information content (AvgIpc) is 2.45. The predicted molar refractivity (Wildman–Crippen MR) is 66.7 cm³/mol. The fraction of sp³-hybridized carbons (Fsp3) is 0.214. The monoisotopic (exact) mass is 320 g/mol. The first-order valence-corrected chi connectivity index (χ1v) is 6.05. The first kappa shape index (κ1) is 16.3. The molecule has 0 bridgehead atoms. The van der Waals surface area contributed by atoms with Gasteiger partial charge in [-0.3, -0.25) is 4.98 Å². The zero-order valence-electron chi connectivity index (χ0n) is 10.9. The molecular weight excluding hydrogens is 310 g/mol. The van der Waals surface area contributed by atoms with Gasteiger partial charge in [0.1, 0.15) is 0 Å². The highest BCUT2D eigenvalue weighted by atomic mass is 19.4. The van der Waals surface area contributed by atoms with Gasteiger partial charge < -0.3 is 5.73 Å². The fourth-order valence-corrected chi connectivity index (χ4v) is 1.97. The molecule has 0 aliphatic rings. The summed E-state index contributed by atoms with van der Waals surface area (Å²) in [6, 6.07) is 4.32. The van der Waals surface area contributed by atoms with Crippen LogP contribution in [-0.2, 0) is 12.4 Å². The molecule has 22 heavy (non-hydrogen) atoms. The maximum Gasteiger partial charge on any atom is 0.418 e. The Morgan fingerprint density at radius 1 is 0.909 bits per heavy atom. The molecule has 2 nitrogen and oxygen atoms in total. The third-order valence-electron chi connectivity index (χ3n) is 3.01. The molecule has 1 unspecified atom stereocenters. The van der Waals surface area contributed by atoms with Gasteiger partial charge in [0.2, 0.25) is 0 Å². The normalized spacial score (nSPS) is 14.0. The summed E-state index contributed by atoms with van der Waals surface area (Å²) in [6.45, 7) is 0. The van der Waals surface area contributed by atoms with E-state index in [4.69, 9.17) is 5.73 Å². The Bertz CT molecular complexity index is 663. The molecule has 0 aliphatic carbocycles. The van der Waals surface area contributed by atoms with E-state index < -0.39 is 35.2 Å². The third kappa shape index (κ3) is 3.38. The number of nitrogens with two attached hydrogens (primary N) is 1. The van der Waals surface area contributed by atoms with E-state index in [1.54, 1.807) is 0 Å². The number of benzene rings is 1. The van der Waals surface area contributed by atoms with Crippen LogP contribution in [0.5, 0.6) is 0 Å². The Balaban J connectivity index is 2.48. The Morgan fingerprint density at radius 3 is 2.18 bits per heavy atom. The lowest BCUT2D eigenvalue weighted by molar-refractivity contribution is -0.139. The minimum absolute atomic E-state index is 0.0981. The number of halogens is 6. The summed E-state index contributed by atoms with van der Waals surface area (Å²) in [6.07, 6.45) is -8.19. The molecule has 0 saturated heterocycles. The standard InChI is InChI=1S/C14H10F6N2/c15-13(16,17)9-4-1-3-8(7-9)11(21)12-10(14(18,19)20)5-2-6-22-12/h1-7,11H,21H2. The second-order valence-electron chi connectivity index (χ2n) is 4.53. The average molecular weight is 320 g/mol. The fourth-order valence-electron chi connectivity index (χ4n) is 1.97. The van der Waals surface area contributed by atoms with Gasteiger partial charge in [0.25, 0.3) is 0 Å². The summed E-state index contributed by atoms with van der Waals surface area (Å²) in [4.78, 5) is 3.59. The highest BCUT2D eigenvalue weighted by Crippen LogP contribution is 2.36. The molecule has 2 rings (SSSR count). The summed E-state index contributed by atoms with van der Waals surface area (Å²) >= 11 is 0. The topological polar surface area (TPSA) is 38.9 Å². The van der Waals surface area contributed by atoms with Crippen molar-refractivity contribution in [2.24, 2.45) is 5.73 Å². The molecule has 0 spiro atoms. The van der Waals surface area contributed by atoms with Crippen molar-refractivity contribution in [2.45, 2.75) is 18.4 Å². The zero-order valence-corrected chi connectivity index (χ0v) is 10.9. The minimum Gasteiger partial charge on any atom is -0.319 e. The highest BCUT2D eigenvalue weighted by molar-refractivity contribution is 5.36. The van der Waals surface area contributed by atoms with Gasteiger partial charge >= 0.3 is 12.4 Å². The van der Waals surface area contributed by atoms with Crippen LogP contribution in [0.1, 0.15) is 28.4 Å². The van der Waals surface area contributed by atoms with Crippen LogP contribution in [0.15, 0.2) is 42.6 Å². The van der Waals surface area contributed by atoms with Crippen LogP contribution in [0.4, 0.5) is 26.3 Å². The molecule has 1 aromatic heterocycles. The van der Waals surface area contributed by atoms with Crippen LogP contribution >= 0.6 is 0 Å². The van der Waals surface area contributed by atoms with Gasteiger partial charge in [-0.2, -0.15) is 26.3 Å². The van der Waals surface area contributed by atoms with Crippen LogP contribution in [-0.4, -0.2) is 4.98 Å². The van der Waals surface area contributed by atoms with Crippen molar-refractivity contribution in [2.75, 3.05) is 0 Å². The Kier molecular flexibility index (Phi) is 4.15. The van der Waals surface area contributed by atoms with Gasteiger partial charge in [-0.25, -0.2) is 0 Å². The SMILES string of the molecule is NC(c1cccc(C(F)(F)F)c1)c1ncccc1C(F)(F)F. The first-order valence-electron chi connectivity index (χ1n) is 6.05. The van der Waals surface area contributed by atoms with E-state index in [-0.39, 0.29) is 5.56 Å². The molecule has 0 amide bonds. The number of pyridine rings is 1. The van der Waals surface area contributed by atoms with E-state index in [1.807, 2.05) is 0 Å². The molecule has 1 aromatic carbocycles. The molecule has 8 heteroatoms. The van der Waals surface area contributed by atoms with E-state index >= 15 is 0 Å². The zero-order chi connectivity index (χ0) is 16.5. The Labute approximate surface area is 121 Å². The first-order chi connectivity index (χ1) is 10.1. The van der Waals surface area contributed by atoms with E-state index in [0.29, 0.717) is 0 Å². The second kappa shape index (κ2) is 5.60. The number of alkyl halides is 6. The van der Waals surface area contributed by atoms with Gasteiger partial charge in [-0.05, 0) is 29.8 Å². The summed E-state index contributed by atoms with van der Waals surface area (Å²) < 4.78 is 76.7. The Morgan fingerprint density at radius 2 is 1.59 bits per heavy atom. The third-order valence-corrected chi connectivity index (χ3v) is 3.01. The number of nitrogens with zero attached hydrogens (tertiary/aromatic N) is 1. The van der Waals surface area contributed by atoms with Crippen molar-refractivity contribution in [1.29, 1.82) is 0 Å². The summed E-state index contributed by atoms with van der Waals surface area (Å²) in [5, 5.41) is 0. The van der Waals surface area contributed by atoms with Crippen molar-refractivity contribution in [3.05, 3.63) is 65.0 Å². The molecule has 1 atom stereocenters. The van der Waals surface area contributed by atoms with Crippen molar-refractivity contribution in [1.82, 2.24) is 4.98 Å². The van der Waals surface area contributed by atoms with Crippen molar-refractivity contribution >= 4 is 0 Å². The number of aromatic nitrogens is 1. The largest absolute Gasteiger partial charge is 0.418 e. The number of hydrogen-bond acceptors (Lipinski definition) is 2. The highest BCUT2D eigenvalue weighted by Gasteiger charge is 2.36. The van der Waals surface area contributed by atoms with Gasteiger partial charge in [0.05, 0.1) is 22.9 Å². The van der Waals surface area contributed by atoms with E-state index in [1.165, 1.54) is 6.07 Å². The van der Waals surface area contributed by atoms with E-state index in [0.717, 1.165) is 36.5 Å². The van der Waals surface area contributed by atoms with Crippen LogP contribution in [0.3, 0.4) is 0 Å². The van der Waals surface area contributed by atoms with Crippen LogP contribution < -0.4 is 5.73 Å². The molecule has 0 fully saturated rings. The van der Waals surface area contributed by atoms with Gasteiger partial charge in [-0.15, -0.1) is 0 Å². The molecule has 2 N–H and O–H groups in total. The summed E-state index contributed by atoms with van der Waals surface area (Å²) in [5.74, 6) is 0. The minimum atomic E-state index is -4.69. The van der Waals surface area contributed by atoms with E-state index in [2.05, 4.69) is 4.98 Å².